The van der Waals surface area contributed by atoms with E-state index in [1.54, 1.807) is 4.90 Å². The first-order valence-electron chi connectivity index (χ1n) is 8.50. The number of hydrogen-bond acceptors (Lipinski definition) is 3. The van der Waals surface area contributed by atoms with Gasteiger partial charge in [0.05, 0.1) is 11.5 Å². The fourth-order valence-electron chi connectivity index (χ4n) is 3.31. The molecule has 0 radical (unpaired) electrons. The van der Waals surface area contributed by atoms with Crippen LogP contribution in [0.25, 0.3) is 10.9 Å². The molecule has 1 amide bonds. The molecule has 3 rings (SSSR count). The molecule has 1 N–H and O–H groups in total. The molecule has 1 fully saturated rings. The largest absolute Gasteiger partial charge is 0.351 e. The Morgan fingerprint density at radius 2 is 2.12 bits per heavy atom. The van der Waals surface area contributed by atoms with Crippen molar-refractivity contribution >= 4 is 26.6 Å². The third-order valence-corrected chi connectivity index (χ3v) is 6.42. The zero-order valence-electron chi connectivity index (χ0n) is 14.2. The van der Waals surface area contributed by atoms with Crippen LogP contribution in [-0.2, 0) is 9.84 Å². The van der Waals surface area contributed by atoms with Crippen LogP contribution in [0.5, 0.6) is 0 Å². The highest BCUT2D eigenvalue weighted by atomic mass is 32.2. The topological polar surface area (TPSA) is 70.2 Å². The first kappa shape index (κ1) is 17.0. The van der Waals surface area contributed by atoms with Crippen LogP contribution in [0, 0.1) is 6.92 Å². The smallest absolute Gasteiger partial charge is 0.270 e. The first-order valence-corrected chi connectivity index (χ1v) is 10.3. The number of rotatable bonds is 5. The molecule has 1 aromatic heterocycles. The second-order valence-corrected chi connectivity index (χ2v) is 8.91. The number of H-pyrrole nitrogens is 1. The second kappa shape index (κ2) is 6.59. The van der Waals surface area contributed by atoms with Gasteiger partial charge < -0.3 is 9.88 Å². The van der Waals surface area contributed by atoms with E-state index in [1.807, 2.05) is 31.2 Å². The summed E-state index contributed by atoms with van der Waals surface area (Å²) in [6.07, 6.45) is 2.38. The monoisotopic (exact) mass is 348 g/mol. The summed E-state index contributed by atoms with van der Waals surface area (Å²) in [6.45, 7) is 4.68. The van der Waals surface area contributed by atoms with E-state index < -0.39 is 9.84 Å². The highest BCUT2D eigenvalue weighted by Crippen LogP contribution is 2.23. The van der Waals surface area contributed by atoms with Crippen LogP contribution >= 0.6 is 0 Å². The maximum absolute atomic E-state index is 13.0. The van der Waals surface area contributed by atoms with Crippen molar-refractivity contribution < 1.29 is 13.2 Å². The van der Waals surface area contributed by atoms with Crippen LogP contribution in [0.15, 0.2) is 24.3 Å². The average molecular weight is 348 g/mol. The van der Waals surface area contributed by atoms with Crippen molar-refractivity contribution in [2.45, 2.75) is 39.2 Å². The molecule has 0 spiro atoms. The second-order valence-electron chi connectivity index (χ2n) is 6.68. The van der Waals surface area contributed by atoms with E-state index >= 15 is 0 Å². The van der Waals surface area contributed by atoms with Crippen LogP contribution in [0.3, 0.4) is 0 Å². The lowest BCUT2D eigenvalue weighted by atomic mass is 10.1. The van der Waals surface area contributed by atoms with Gasteiger partial charge >= 0.3 is 0 Å². The average Bonchev–Trinajstić information content (AvgIpc) is 3.10. The summed E-state index contributed by atoms with van der Waals surface area (Å²) in [5, 5.41) is 0.999. The number of nitrogens with one attached hydrogen (secondary N) is 1. The predicted molar refractivity (Wildman–Crippen MR) is 96.0 cm³/mol. The van der Waals surface area contributed by atoms with Crippen molar-refractivity contribution in [1.29, 1.82) is 0 Å². The maximum Gasteiger partial charge on any atom is 0.270 e. The molecule has 130 valence electrons. The highest BCUT2D eigenvalue weighted by molar-refractivity contribution is 7.91. The number of carbonyl (C=O) groups is 1. The Hall–Kier alpha value is -1.82. The molecule has 0 unspecified atom stereocenters. The van der Waals surface area contributed by atoms with Gasteiger partial charge in [-0.3, -0.25) is 4.79 Å². The molecule has 0 bridgehead atoms. The van der Waals surface area contributed by atoms with Crippen LogP contribution in [0.2, 0.25) is 0 Å². The molecule has 2 heterocycles. The molecule has 6 heteroatoms. The van der Waals surface area contributed by atoms with E-state index in [4.69, 9.17) is 0 Å². The molecule has 1 aliphatic heterocycles. The van der Waals surface area contributed by atoms with Gasteiger partial charge in [0.1, 0.15) is 5.69 Å². The SMILES string of the molecule is CCCCN(C(=O)c1cc2ccc(C)cc2[nH]1)[C@H]1CCS(=O)(=O)C1. The molecule has 1 aliphatic rings. The molecule has 1 atom stereocenters. The van der Waals surface area contributed by atoms with Crippen LogP contribution in [0.1, 0.15) is 42.2 Å². The molecule has 1 saturated heterocycles. The summed E-state index contributed by atoms with van der Waals surface area (Å²) in [5.74, 6) is 0.167. The van der Waals surface area contributed by atoms with Crippen molar-refractivity contribution in [3.05, 3.63) is 35.5 Å². The Balaban J connectivity index is 1.89. The fourth-order valence-corrected chi connectivity index (χ4v) is 5.04. The summed E-state index contributed by atoms with van der Waals surface area (Å²) in [4.78, 5) is 18.0. The number of benzene rings is 1. The quantitative estimate of drug-likeness (QED) is 0.903. The van der Waals surface area contributed by atoms with Gasteiger partial charge in [-0.25, -0.2) is 8.42 Å². The van der Waals surface area contributed by atoms with Gasteiger partial charge in [0.2, 0.25) is 0 Å². The molecular formula is C18H24N2O3S. The fraction of sp³-hybridized carbons (Fsp3) is 0.500. The minimum absolute atomic E-state index is 0.0851. The number of aryl methyl sites for hydroxylation is 1. The lowest BCUT2D eigenvalue weighted by Gasteiger charge is -2.27. The van der Waals surface area contributed by atoms with Crippen LogP contribution in [-0.4, -0.2) is 48.3 Å². The van der Waals surface area contributed by atoms with E-state index in [1.165, 1.54) is 0 Å². The third kappa shape index (κ3) is 3.48. The van der Waals surface area contributed by atoms with Gasteiger partial charge in [0.25, 0.3) is 5.91 Å². The van der Waals surface area contributed by atoms with Crippen molar-refractivity contribution in [3.8, 4) is 0 Å². The Bertz CT molecular complexity index is 854. The highest BCUT2D eigenvalue weighted by Gasteiger charge is 2.35. The number of carbonyl (C=O) groups excluding carboxylic acids is 1. The van der Waals surface area contributed by atoms with Crippen molar-refractivity contribution in [2.24, 2.45) is 0 Å². The van der Waals surface area contributed by atoms with E-state index in [-0.39, 0.29) is 23.5 Å². The third-order valence-electron chi connectivity index (χ3n) is 4.67. The molecule has 1 aromatic carbocycles. The Kier molecular flexibility index (Phi) is 4.67. The Morgan fingerprint density at radius 1 is 1.33 bits per heavy atom. The summed E-state index contributed by atoms with van der Waals surface area (Å²) < 4.78 is 23.6. The van der Waals surface area contributed by atoms with Gasteiger partial charge in [0, 0.05) is 23.5 Å². The number of unbranched alkanes of at least 4 members (excludes halogenated alkanes) is 1. The Morgan fingerprint density at radius 3 is 2.79 bits per heavy atom. The lowest BCUT2D eigenvalue weighted by Crippen LogP contribution is -2.41. The van der Waals surface area contributed by atoms with Crippen molar-refractivity contribution in [1.82, 2.24) is 9.88 Å². The van der Waals surface area contributed by atoms with Gasteiger partial charge in [-0.05, 0) is 37.5 Å². The standard InChI is InChI=1S/C18H24N2O3S/c1-3-4-8-20(15-7-9-24(22,23)12-15)18(21)17-11-14-6-5-13(2)10-16(14)19-17/h5-6,10-11,15,19H,3-4,7-9,12H2,1-2H3/t15-/m0/s1. The van der Waals surface area contributed by atoms with Crippen molar-refractivity contribution in [2.75, 3.05) is 18.1 Å². The van der Waals surface area contributed by atoms with E-state index in [0.717, 1.165) is 29.3 Å². The minimum atomic E-state index is -3.02. The van der Waals surface area contributed by atoms with Crippen LogP contribution in [0.4, 0.5) is 0 Å². The maximum atomic E-state index is 13.0. The van der Waals surface area contributed by atoms with E-state index in [0.29, 0.717) is 18.7 Å². The minimum Gasteiger partial charge on any atom is -0.351 e. The van der Waals surface area contributed by atoms with Gasteiger partial charge in [-0.15, -0.1) is 0 Å². The number of hydrogen-bond donors (Lipinski definition) is 1. The van der Waals surface area contributed by atoms with E-state index in [9.17, 15) is 13.2 Å². The molecule has 5 nitrogen and oxygen atoms in total. The summed E-state index contributed by atoms with van der Waals surface area (Å²) in [5.41, 5.74) is 2.61. The normalized spacial score (nSPS) is 19.7. The number of fused-ring (bicyclic) bond motifs is 1. The molecule has 2 aromatic rings. The van der Waals surface area contributed by atoms with Crippen molar-refractivity contribution in [3.63, 3.8) is 0 Å². The molecule has 0 aliphatic carbocycles. The number of nitrogens with zero attached hydrogens (tertiary/aromatic N) is 1. The first-order chi connectivity index (χ1) is 11.4. The zero-order valence-corrected chi connectivity index (χ0v) is 15.0. The molecule has 24 heavy (non-hydrogen) atoms. The summed E-state index contributed by atoms with van der Waals surface area (Å²) >= 11 is 0. The van der Waals surface area contributed by atoms with Crippen LogP contribution < -0.4 is 0 Å². The molecule has 0 saturated carbocycles. The number of aromatic nitrogens is 1. The number of sulfone groups is 1. The molecular weight excluding hydrogens is 324 g/mol. The van der Waals surface area contributed by atoms with Gasteiger partial charge in [-0.1, -0.05) is 25.5 Å². The van der Waals surface area contributed by atoms with E-state index in [2.05, 4.69) is 11.9 Å². The van der Waals surface area contributed by atoms with Gasteiger partial charge in [-0.2, -0.15) is 0 Å². The lowest BCUT2D eigenvalue weighted by molar-refractivity contribution is 0.0689. The zero-order chi connectivity index (χ0) is 17.3. The summed E-state index contributed by atoms with van der Waals surface area (Å²) in [7, 11) is -3.02. The summed E-state index contributed by atoms with van der Waals surface area (Å²) in [6, 6.07) is 7.68. The van der Waals surface area contributed by atoms with Gasteiger partial charge in [0.15, 0.2) is 9.84 Å². The Labute approximate surface area is 143 Å². The number of amides is 1. The predicted octanol–water partition coefficient (Wildman–Crippen LogP) is 2.91. The number of aromatic amines is 1.